The Morgan fingerprint density at radius 1 is 1.25 bits per heavy atom. The zero-order valence-electron chi connectivity index (χ0n) is 11.6. The molecule has 0 aliphatic rings. The van der Waals surface area contributed by atoms with Crippen LogP contribution in [0.3, 0.4) is 0 Å². The van der Waals surface area contributed by atoms with E-state index in [1.54, 1.807) is 19.2 Å². The number of phenolic OH excluding ortho intramolecular Hbond substituents is 1. The molecule has 4 heteroatoms. The maximum Gasteiger partial charge on any atom is 0.123 e. The summed E-state index contributed by atoms with van der Waals surface area (Å²) < 4.78 is 5.32. The molecule has 0 amide bonds. The monoisotopic (exact) mass is 291 g/mol. The summed E-state index contributed by atoms with van der Waals surface area (Å²) in [4.78, 5) is 0. The van der Waals surface area contributed by atoms with Crippen molar-refractivity contribution in [2.75, 3.05) is 7.11 Å². The molecule has 0 aliphatic carbocycles. The molecular weight excluding hydrogens is 274 g/mol. The lowest BCUT2D eigenvalue weighted by Gasteiger charge is -2.16. The molecular formula is C16H18ClNO2. The summed E-state index contributed by atoms with van der Waals surface area (Å²) in [6, 6.07) is 12.9. The van der Waals surface area contributed by atoms with Crippen LogP contribution in [0.25, 0.3) is 0 Å². The lowest BCUT2D eigenvalue weighted by Crippen LogP contribution is -2.18. The zero-order valence-corrected chi connectivity index (χ0v) is 12.3. The van der Waals surface area contributed by atoms with E-state index < -0.39 is 0 Å². The van der Waals surface area contributed by atoms with Crippen molar-refractivity contribution < 1.29 is 9.84 Å². The Bertz CT molecular complexity index is 586. The van der Waals surface area contributed by atoms with E-state index >= 15 is 0 Å². The fourth-order valence-electron chi connectivity index (χ4n) is 2.06. The summed E-state index contributed by atoms with van der Waals surface area (Å²) in [5, 5.41) is 13.6. The number of nitrogens with one attached hydrogen (secondary N) is 1. The molecule has 0 spiro atoms. The maximum absolute atomic E-state index is 9.50. The number of halogens is 1. The van der Waals surface area contributed by atoms with Gasteiger partial charge in [0, 0.05) is 23.2 Å². The van der Waals surface area contributed by atoms with E-state index in [1.807, 2.05) is 37.3 Å². The van der Waals surface area contributed by atoms with Crippen LogP contribution in [0.1, 0.15) is 24.1 Å². The quantitative estimate of drug-likeness (QED) is 0.878. The molecule has 2 rings (SSSR count). The fraction of sp³-hybridized carbons (Fsp3) is 0.250. The smallest absolute Gasteiger partial charge is 0.123 e. The zero-order chi connectivity index (χ0) is 14.5. The minimum atomic E-state index is 0.116. The van der Waals surface area contributed by atoms with E-state index in [1.165, 1.54) is 0 Å². The van der Waals surface area contributed by atoms with Gasteiger partial charge in [0.15, 0.2) is 0 Å². The van der Waals surface area contributed by atoms with E-state index in [4.69, 9.17) is 16.3 Å². The summed E-state index contributed by atoms with van der Waals surface area (Å²) in [5.41, 5.74) is 2.04. The van der Waals surface area contributed by atoms with E-state index in [2.05, 4.69) is 5.32 Å². The van der Waals surface area contributed by atoms with Crippen LogP contribution in [-0.4, -0.2) is 12.2 Å². The Hall–Kier alpha value is -1.71. The fourth-order valence-corrected chi connectivity index (χ4v) is 2.26. The first-order valence-corrected chi connectivity index (χ1v) is 6.82. The average Bonchev–Trinajstić information content (AvgIpc) is 2.45. The van der Waals surface area contributed by atoms with Gasteiger partial charge in [0.2, 0.25) is 0 Å². The van der Waals surface area contributed by atoms with Crippen molar-refractivity contribution in [2.24, 2.45) is 0 Å². The second kappa shape index (κ2) is 6.64. The van der Waals surface area contributed by atoms with Crippen LogP contribution >= 0.6 is 11.6 Å². The number of rotatable bonds is 5. The first kappa shape index (κ1) is 14.7. The third-order valence-corrected chi connectivity index (χ3v) is 3.45. The van der Waals surface area contributed by atoms with Crippen molar-refractivity contribution in [3.8, 4) is 11.5 Å². The molecule has 0 saturated heterocycles. The van der Waals surface area contributed by atoms with Gasteiger partial charge in [-0.15, -0.1) is 0 Å². The largest absolute Gasteiger partial charge is 0.508 e. The molecule has 0 aliphatic heterocycles. The highest BCUT2D eigenvalue weighted by molar-refractivity contribution is 6.30. The molecule has 0 heterocycles. The van der Waals surface area contributed by atoms with Gasteiger partial charge in [-0.05, 0) is 42.8 Å². The molecule has 0 radical (unpaired) electrons. The molecule has 2 aromatic rings. The first-order valence-electron chi connectivity index (χ1n) is 6.45. The minimum absolute atomic E-state index is 0.116. The van der Waals surface area contributed by atoms with Gasteiger partial charge in [0.05, 0.1) is 7.11 Å². The normalized spacial score (nSPS) is 12.2. The van der Waals surface area contributed by atoms with Gasteiger partial charge >= 0.3 is 0 Å². The summed E-state index contributed by atoms with van der Waals surface area (Å²) in [6.45, 7) is 2.69. The van der Waals surface area contributed by atoms with Crippen LogP contribution in [0.2, 0.25) is 5.02 Å². The van der Waals surface area contributed by atoms with Crippen LogP contribution in [0.5, 0.6) is 11.5 Å². The Labute approximate surface area is 124 Å². The van der Waals surface area contributed by atoms with Crippen LogP contribution in [0.15, 0.2) is 42.5 Å². The molecule has 106 valence electrons. The molecule has 2 N–H and O–H groups in total. The molecule has 0 fully saturated rings. The van der Waals surface area contributed by atoms with Crippen LogP contribution < -0.4 is 10.1 Å². The highest BCUT2D eigenvalue weighted by atomic mass is 35.5. The number of aromatic hydroxyl groups is 1. The molecule has 3 nitrogen and oxygen atoms in total. The second-order valence-electron chi connectivity index (χ2n) is 4.65. The van der Waals surface area contributed by atoms with Gasteiger partial charge in [-0.3, -0.25) is 0 Å². The summed E-state index contributed by atoms with van der Waals surface area (Å²) in [6.07, 6.45) is 0. The Balaban J connectivity index is 2.06. The van der Waals surface area contributed by atoms with Crippen molar-refractivity contribution in [3.05, 3.63) is 58.6 Å². The van der Waals surface area contributed by atoms with Crippen LogP contribution in [0.4, 0.5) is 0 Å². The van der Waals surface area contributed by atoms with Crippen molar-refractivity contribution in [3.63, 3.8) is 0 Å². The molecule has 1 unspecified atom stereocenters. The number of hydrogen-bond acceptors (Lipinski definition) is 3. The van der Waals surface area contributed by atoms with Gasteiger partial charge in [-0.25, -0.2) is 0 Å². The van der Waals surface area contributed by atoms with E-state index in [9.17, 15) is 5.11 Å². The van der Waals surface area contributed by atoms with Crippen LogP contribution in [0, 0.1) is 0 Å². The standard InChI is InChI=1S/C16H18ClNO2/c1-11(12-4-3-5-15(19)9-12)18-10-13-8-14(17)6-7-16(13)20-2/h3-9,11,18-19H,10H2,1-2H3. The highest BCUT2D eigenvalue weighted by Gasteiger charge is 2.08. The third-order valence-electron chi connectivity index (χ3n) is 3.21. The number of ether oxygens (including phenoxy) is 1. The summed E-state index contributed by atoms with van der Waals surface area (Å²) in [7, 11) is 1.64. The molecule has 0 aromatic heterocycles. The first-order chi connectivity index (χ1) is 9.60. The number of phenols is 1. The van der Waals surface area contributed by atoms with Crippen LogP contribution in [-0.2, 0) is 6.54 Å². The van der Waals surface area contributed by atoms with Crippen molar-refractivity contribution in [1.29, 1.82) is 0 Å². The predicted octanol–water partition coefficient (Wildman–Crippen LogP) is 3.91. The summed E-state index contributed by atoms with van der Waals surface area (Å²) >= 11 is 6.01. The number of methoxy groups -OCH3 is 1. The SMILES string of the molecule is COc1ccc(Cl)cc1CNC(C)c1cccc(O)c1. The average molecular weight is 292 g/mol. The Morgan fingerprint density at radius 2 is 2.05 bits per heavy atom. The van der Waals surface area contributed by atoms with Gasteiger partial charge in [0.1, 0.15) is 11.5 Å². The van der Waals surface area contributed by atoms with Crippen molar-refractivity contribution >= 4 is 11.6 Å². The topological polar surface area (TPSA) is 41.5 Å². The molecule has 0 saturated carbocycles. The van der Waals surface area contributed by atoms with Gasteiger partial charge in [-0.2, -0.15) is 0 Å². The predicted molar refractivity (Wildman–Crippen MR) is 81.4 cm³/mol. The van der Waals surface area contributed by atoms with Crippen molar-refractivity contribution in [1.82, 2.24) is 5.32 Å². The van der Waals surface area contributed by atoms with Gasteiger partial charge < -0.3 is 15.2 Å². The Morgan fingerprint density at radius 3 is 2.75 bits per heavy atom. The lowest BCUT2D eigenvalue weighted by molar-refractivity contribution is 0.406. The van der Waals surface area contributed by atoms with E-state index in [0.717, 1.165) is 16.9 Å². The number of hydrogen-bond donors (Lipinski definition) is 2. The molecule has 0 bridgehead atoms. The second-order valence-corrected chi connectivity index (χ2v) is 5.09. The minimum Gasteiger partial charge on any atom is -0.508 e. The summed E-state index contributed by atoms with van der Waals surface area (Å²) in [5.74, 6) is 1.08. The molecule has 1 atom stereocenters. The highest BCUT2D eigenvalue weighted by Crippen LogP contribution is 2.24. The van der Waals surface area contributed by atoms with Gasteiger partial charge in [-0.1, -0.05) is 23.7 Å². The third kappa shape index (κ3) is 3.65. The van der Waals surface area contributed by atoms with Crippen molar-refractivity contribution in [2.45, 2.75) is 19.5 Å². The van der Waals surface area contributed by atoms with E-state index in [0.29, 0.717) is 11.6 Å². The lowest BCUT2D eigenvalue weighted by atomic mass is 10.1. The molecule has 20 heavy (non-hydrogen) atoms. The Kier molecular flexibility index (Phi) is 4.88. The maximum atomic E-state index is 9.50. The molecule has 2 aromatic carbocycles. The van der Waals surface area contributed by atoms with Gasteiger partial charge in [0.25, 0.3) is 0 Å². The number of benzene rings is 2. The van der Waals surface area contributed by atoms with E-state index in [-0.39, 0.29) is 11.8 Å².